The second kappa shape index (κ2) is 21.7. The summed E-state index contributed by atoms with van der Waals surface area (Å²) in [5.41, 5.74) is 19.8. The molecular formula is C88H48N8O2. The van der Waals surface area contributed by atoms with Crippen LogP contribution in [0.3, 0.4) is 0 Å². The molecule has 6 heterocycles. The fourth-order valence-electron chi connectivity index (χ4n) is 15.5. The van der Waals surface area contributed by atoms with Gasteiger partial charge in [-0.15, -0.1) is 0 Å². The summed E-state index contributed by atoms with van der Waals surface area (Å²) in [5.74, 6) is 0. The lowest BCUT2D eigenvalue weighted by molar-refractivity contribution is 0.669. The quantitative estimate of drug-likeness (QED) is 0.154. The average Bonchev–Trinajstić information content (AvgIpc) is 1.55. The van der Waals surface area contributed by atoms with Gasteiger partial charge in [0.2, 0.25) is 5.69 Å². The van der Waals surface area contributed by atoms with Gasteiger partial charge in [-0.05, 0) is 109 Å². The molecule has 10 nitrogen and oxygen atoms in total. The Kier molecular flexibility index (Phi) is 12.3. The molecule has 0 saturated heterocycles. The molecule has 0 saturated carbocycles. The fourth-order valence-corrected chi connectivity index (χ4v) is 15.5. The first kappa shape index (κ1) is 55.5. The molecule has 0 aliphatic carbocycles. The van der Waals surface area contributed by atoms with Crippen molar-refractivity contribution in [2.45, 2.75) is 0 Å². The first-order valence-electron chi connectivity index (χ1n) is 32.3. The Balaban J connectivity index is 0.000000137. The molecule has 0 N–H and O–H groups in total. The molecule has 0 aliphatic heterocycles. The van der Waals surface area contributed by atoms with Gasteiger partial charge in [-0.2, -0.15) is 15.8 Å². The Morgan fingerprint density at radius 2 is 0.755 bits per heavy atom. The number of nitrogens with zero attached hydrogens (tertiary/aromatic N) is 8. The van der Waals surface area contributed by atoms with Crippen molar-refractivity contribution >= 4 is 137 Å². The van der Waals surface area contributed by atoms with Crippen molar-refractivity contribution in [3.8, 4) is 63.2 Å². The number of aromatic nitrogens is 4. The highest BCUT2D eigenvalue weighted by atomic mass is 16.3. The maximum Gasteiger partial charge on any atom is 0.211 e. The Bertz CT molecular complexity index is 6910. The predicted molar refractivity (Wildman–Crippen MR) is 396 cm³/mol. The van der Waals surface area contributed by atoms with Crippen LogP contribution in [-0.4, -0.2) is 18.3 Å². The Labute approximate surface area is 559 Å². The van der Waals surface area contributed by atoms with Crippen molar-refractivity contribution in [1.82, 2.24) is 18.3 Å². The topological polar surface area (TPSA) is 122 Å². The molecule has 20 rings (SSSR count). The van der Waals surface area contributed by atoms with Crippen LogP contribution < -0.4 is 0 Å². The van der Waals surface area contributed by atoms with Gasteiger partial charge in [-0.1, -0.05) is 188 Å². The highest BCUT2D eigenvalue weighted by molar-refractivity contribution is 6.26. The number of furan rings is 2. The van der Waals surface area contributed by atoms with E-state index in [4.69, 9.17) is 15.4 Å². The van der Waals surface area contributed by atoms with Crippen molar-refractivity contribution in [3.05, 3.63) is 319 Å². The number of rotatable bonds is 6. The summed E-state index contributed by atoms with van der Waals surface area (Å²) < 4.78 is 21.7. The molecule has 0 spiro atoms. The van der Waals surface area contributed by atoms with E-state index in [1.165, 1.54) is 0 Å². The van der Waals surface area contributed by atoms with Gasteiger partial charge in [0.25, 0.3) is 0 Å². The number of para-hydroxylation sites is 10. The molecule has 6 aromatic heterocycles. The summed E-state index contributed by atoms with van der Waals surface area (Å²) in [4.78, 5) is 4.07. The summed E-state index contributed by atoms with van der Waals surface area (Å²) in [6.45, 7) is 8.33. The van der Waals surface area contributed by atoms with Crippen LogP contribution in [0.15, 0.2) is 300 Å². The van der Waals surface area contributed by atoms with Gasteiger partial charge in [0.15, 0.2) is 5.58 Å². The summed E-state index contributed by atoms with van der Waals surface area (Å²) in [6, 6.07) is 106. The zero-order chi connectivity index (χ0) is 65.3. The standard InChI is InChI=1S/2C44H24N4O/c1-46-36-25-27(21-24-40(36)47-37-17-6-2-12-30(37)31-13-3-7-18-38(31)47)29-16-10-11-28(26-45)42(29)48-39-19-8-4-14-32(39)34-22-23-35-33-15-5-9-20-41(33)49-44(35)43(34)48;45-25-27-10-9-15-34(30-21-20-29(24-28(30)26-46)47-37-16-5-1-11-31(37)32-12-2-6-17-38(32)47)43(27)48-39-18-7-3-13-33(39)35-22-23-41-42(44(35)48)36-14-4-8-19-40(36)49-41/h2-25H;1-24H. The number of nitriles is 3. The second-order valence-electron chi connectivity index (χ2n) is 24.6. The summed E-state index contributed by atoms with van der Waals surface area (Å²) >= 11 is 0. The van der Waals surface area contributed by atoms with Crippen molar-refractivity contribution in [2.24, 2.45) is 0 Å². The number of benzene rings is 14. The molecule has 14 aromatic carbocycles. The summed E-state index contributed by atoms with van der Waals surface area (Å²) in [7, 11) is 0. The van der Waals surface area contributed by atoms with Crippen LogP contribution in [0.4, 0.5) is 5.69 Å². The van der Waals surface area contributed by atoms with Gasteiger partial charge >= 0.3 is 0 Å². The first-order chi connectivity index (χ1) is 48.5. The number of fused-ring (bicyclic) bond motifs is 20. The third-order valence-electron chi connectivity index (χ3n) is 19.6. The SMILES string of the molecule is N#Cc1cc(-n2c3ccccc3c3ccccc32)ccc1-c1cccc(C#N)c1-n1c2ccccc2c2ccc3oc4ccccc4c3c21.[C-]#[N+]c1cc(-c2cccc(C#N)c2-n2c3ccccc3c3ccc4c5ccccc5oc4c32)ccc1-n1c2ccccc2c2ccccc21. The lowest BCUT2D eigenvalue weighted by atomic mass is 9.95. The van der Waals surface area contributed by atoms with E-state index in [1.54, 1.807) is 0 Å². The summed E-state index contributed by atoms with van der Waals surface area (Å²) in [6.07, 6.45) is 0. The van der Waals surface area contributed by atoms with E-state index in [-0.39, 0.29) is 0 Å². The zero-order valence-corrected chi connectivity index (χ0v) is 52.1. The van der Waals surface area contributed by atoms with E-state index in [1.807, 2.05) is 152 Å². The Morgan fingerprint density at radius 3 is 1.33 bits per heavy atom. The lowest BCUT2D eigenvalue weighted by Crippen LogP contribution is -2.02. The van der Waals surface area contributed by atoms with Gasteiger partial charge in [-0.25, -0.2) is 4.85 Å². The molecule has 0 atom stereocenters. The van der Waals surface area contributed by atoms with Crippen molar-refractivity contribution in [2.75, 3.05) is 0 Å². The minimum absolute atomic E-state index is 0.514. The monoisotopic (exact) mass is 1250 g/mol. The summed E-state index contributed by atoms with van der Waals surface area (Å²) in [5, 5.41) is 44.9. The molecule has 452 valence electrons. The van der Waals surface area contributed by atoms with E-state index in [0.29, 0.717) is 22.4 Å². The molecule has 0 radical (unpaired) electrons. The van der Waals surface area contributed by atoms with Gasteiger partial charge in [0.1, 0.15) is 28.9 Å². The molecule has 0 fully saturated rings. The molecule has 0 aliphatic rings. The van der Waals surface area contributed by atoms with Crippen LogP contribution in [0, 0.1) is 40.6 Å². The highest BCUT2D eigenvalue weighted by Crippen LogP contribution is 2.47. The first-order valence-corrected chi connectivity index (χ1v) is 32.3. The van der Waals surface area contributed by atoms with Crippen LogP contribution in [0.5, 0.6) is 0 Å². The maximum atomic E-state index is 10.7. The molecule has 0 amide bonds. The van der Waals surface area contributed by atoms with Crippen molar-refractivity contribution in [3.63, 3.8) is 0 Å². The third-order valence-corrected chi connectivity index (χ3v) is 19.6. The van der Waals surface area contributed by atoms with E-state index < -0.39 is 0 Å². The highest BCUT2D eigenvalue weighted by Gasteiger charge is 2.27. The lowest BCUT2D eigenvalue weighted by Gasteiger charge is -2.18. The molecule has 0 bridgehead atoms. The van der Waals surface area contributed by atoms with Crippen LogP contribution in [0.1, 0.15) is 16.7 Å². The normalized spacial score (nSPS) is 11.6. The molecule has 0 unspecified atom stereocenters. The van der Waals surface area contributed by atoms with Gasteiger partial charge in [-0.3, -0.25) is 0 Å². The number of hydrogen-bond acceptors (Lipinski definition) is 5. The van der Waals surface area contributed by atoms with Gasteiger partial charge < -0.3 is 27.1 Å². The smallest absolute Gasteiger partial charge is 0.211 e. The largest absolute Gasteiger partial charge is 0.456 e. The molecule has 20 aromatic rings. The van der Waals surface area contributed by atoms with Crippen LogP contribution in [0.2, 0.25) is 0 Å². The minimum atomic E-state index is 0.514. The van der Waals surface area contributed by atoms with Crippen molar-refractivity contribution < 1.29 is 8.83 Å². The van der Waals surface area contributed by atoms with Gasteiger partial charge in [0.05, 0.1) is 95.9 Å². The van der Waals surface area contributed by atoms with Gasteiger partial charge in [0, 0.05) is 81.6 Å². The van der Waals surface area contributed by atoms with Crippen LogP contribution in [-0.2, 0) is 0 Å². The second-order valence-corrected chi connectivity index (χ2v) is 24.6. The van der Waals surface area contributed by atoms with E-state index in [9.17, 15) is 15.8 Å². The number of hydrogen-bond donors (Lipinski definition) is 0. The Morgan fingerprint density at radius 1 is 0.306 bits per heavy atom. The van der Waals surface area contributed by atoms with E-state index in [2.05, 4.69) is 181 Å². The zero-order valence-electron chi connectivity index (χ0n) is 52.1. The van der Waals surface area contributed by atoms with E-state index in [0.717, 1.165) is 176 Å². The van der Waals surface area contributed by atoms with Crippen LogP contribution in [0.25, 0.3) is 181 Å². The third kappa shape index (κ3) is 8.04. The predicted octanol–water partition coefficient (Wildman–Crippen LogP) is 23.1. The average molecular weight is 1250 g/mol. The molecular weight excluding hydrogens is 1200 g/mol. The molecule has 10 heteroatoms. The maximum absolute atomic E-state index is 10.7. The minimum Gasteiger partial charge on any atom is -0.456 e. The van der Waals surface area contributed by atoms with Crippen LogP contribution >= 0.6 is 0 Å². The van der Waals surface area contributed by atoms with E-state index >= 15 is 0 Å². The fraction of sp³-hybridized carbons (Fsp3) is 0. The Hall–Kier alpha value is -14.2. The van der Waals surface area contributed by atoms with Crippen molar-refractivity contribution in [1.29, 1.82) is 15.8 Å². The molecule has 98 heavy (non-hydrogen) atoms.